The van der Waals surface area contributed by atoms with Crippen LogP contribution >= 0.6 is 11.3 Å². The van der Waals surface area contributed by atoms with Gasteiger partial charge >= 0.3 is 6.09 Å². The molecular formula is C28H35N5O4S2. The molecule has 2 aromatic heterocycles. The van der Waals surface area contributed by atoms with Crippen LogP contribution in [0.25, 0.3) is 10.4 Å². The van der Waals surface area contributed by atoms with Crippen molar-refractivity contribution < 1.29 is 17.9 Å². The molecule has 0 unspecified atom stereocenters. The van der Waals surface area contributed by atoms with E-state index in [1.54, 1.807) is 17.4 Å². The van der Waals surface area contributed by atoms with Crippen LogP contribution in [-0.2, 0) is 14.6 Å². The van der Waals surface area contributed by atoms with Gasteiger partial charge in [0.15, 0.2) is 15.7 Å². The van der Waals surface area contributed by atoms with E-state index in [4.69, 9.17) is 9.72 Å². The van der Waals surface area contributed by atoms with Crippen LogP contribution in [0.3, 0.4) is 0 Å². The molecule has 2 heterocycles. The molecule has 3 aromatic rings. The molecule has 11 heteroatoms. The maximum absolute atomic E-state index is 13.5. The number of hydrogen-bond donors (Lipinski definition) is 3. The Morgan fingerprint density at radius 2 is 1.79 bits per heavy atom. The molecule has 9 nitrogen and oxygen atoms in total. The third-order valence-electron chi connectivity index (χ3n) is 7.67. The van der Waals surface area contributed by atoms with Gasteiger partial charge in [-0.05, 0) is 77.3 Å². The first-order chi connectivity index (χ1) is 18.8. The van der Waals surface area contributed by atoms with E-state index in [2.05, 4.69) is 20.8 Å². The molecule has 3 fully saturated rings. The second-order valence-corrected chi connectivity index (χ2v) is 14.5. The molecule has 0 saturated heterocycles. The fourth-order valence-corrected chi connectivity index (χ4v) is 8.33. The number of carbonyl (C=O) groups excluding carboxylic acids is 1. The first-order valence-corrected chi connectivity index (χ1v) is 16.3. The Bertz CT molecular complexity index is 1450. The van der Waals surface area contributed by atoms with Gasteiger partial charge in [0.2, 0.25) is 0 Å². The Morgan fingerprint density at radius 3 is 2.49 bits per heavy atom. The van der Waals surface area contributed by atoms with Gasteiger partial charge in [0, 0.05) is 47.1 Å². The first-order valence-electron chi connectivity index (χ1n) is 13.9. The number of nitrogens with one attached hydrogen (secondary N) is 3. The minimum absolute atomic E-state index is 0.108. The minimum Gasteiger partial charge on any atom is -0.447 e. The molecule has 6 rings (SSSR count). The number of H-pyrrole nitrogens is 1. The number of aromatic nitrogens is 3. The quantitative estimate of drug-likeness (QED) is 0.278. The fourth-order valence-electron chi connectivity index (χ4n) is 5.25. The van der Waals surface area contributed by atoms with E-state index in [-0.39, 0.29) is 23.5 Å². The second kappa shape index (κ2) is 10.6. The number of aromatic amines is 1. The highest BCUT2D eigenvalue weighted by molar-refractivity contribution is 7.92. The number of carbonyl (C=O) groups is 1. The van der Waals surface area contributed by atoms with Crippen LogP contribution < -0.4 is 10.6 Å². The van der Waals surface area contributed by atoms with E-state index >= 15 is 0 Å². The zero-order valence-corrected chi connectivity index (χ0v) is 23.9. The molecule has 0 atom stereocenters. The lowest BCUT2D eigenvalue weighted by Crippen LogP contribution is -2.38. The first kappa shape index (κ1) is 26.3. The molecule has 3 aliphatic carbocycles. The summed E-state index contributed by atoms with van der Waals surface area (Å²) in [4.78, 5) is 17.9. The molecule has 3 N–H and O–H groups in total. The summed E-state index contributed by atoms with van der Waals surface area (Å²) in [5.74, 6) is 1.56. The minimum atomic E-state index is -3.44. The van der Waals surface area contributed by atoms with Crippen molar-refractivity contribution >= 4 is 38.8 Å². The summed E-state index contributed by atoms with van der Waals surface area (Å²) in [6.07, 6.45) is 8.66. The molecule has 1 aromatic carbocycles. The van der Waals surface area contributed by atoms with Gasteiger partial charge in [-0.15, -0.1) is 11.3 Å². The number of alkyl carbamates (subject to hydrolysis) is 1. The zero-order valence-electron chi connectivity index (χ0n) is 22.3. The Kier molecular flexibility index (Phi) is 7.13. The summed E-state index contributed by atoms with van der Waals surface area (Å²) < 4.78 is 32.2. The third-order valence-corrected chi connectivity index (χ3v) is 11.2. The number of thiazole rings is 1. The number of nitrogens with zero attached hydrogens (tertiary/aromatic N) is 2. The highest BCUT2D eigenvalue weighted by atomic mass is 32.2. The molecule has 39 heavy (non-hydrogen) atoms. The lowest BCUT2D eigenvalue weighted by atomic mass is 9.86. The SMILES string of the molecule is CC(C)OC(=O)N[C@H]1CC[C@H](c2ncc(-c3ccc(Nc4cc(C5CC5)[nH]n4)cc3S(=O)(=O)C3CC3)s2)CC1. The van der Waals surface area contributed by atoms with Gasteiger partial charge in [-0.3, -0.25) is 5.10 Å². The van der Waals surface area contributed by atoms with Crippen LogP contribution in [0.1, 0.15) is 87.8 Å². The predicted molar refractivity (Wildman–Crippen MR) is 151 cm³/mol. The fraction of sp³-hybridized carbons (Fsp3) is 0.536. The van der Waals surface area contributed by atoms with Crippen LogP contribution in [0.2, 0.25) is 0 Å². The Balaban J connectivity index is 1.18. The highest BCUT2D eigenvalue weighted by Gasteiger charge is 2.39. The van der Waals surface area contributed by atoms with E-state index in [0.717, 1.165) is 41.3 Å². The van der Waals surface area contributed by atoms with Crippen LogP contribution in [0.4, 0.5) is 16.3 Å². The summed E-state index contributed by atoms with van der Waals surface area (Å²) in [6, 6.07) is 7.68. The zero-order chi connectivity index (χ0) is 27.1. The summed E-state index contributed by atoms with van der Waals surface area (Å²) >= 11 is 1.58. The average Bonchev–Trinajstić information content (AvgIpc) is 3.84. The molecule has 208 valence electrons. The molecular weight excluding hydrogens is 534 g/mol. The van der Waals surface area contributed by atoms with Gasteiger partial charge in [0.25, 0.3) is 0 Å². The average molecular weight is 570 g/mol. The maximum atomic E-state index is 13.5. The van der Waals surface area contributed by atoms with E-state index in [1.807, 2.05) is 38.2 Å². The van der Waals surface area contributed by atoms with Crippen LogP contribution in [0.5, 0.6) is 0 Å². The highest BCUT2D eigenvalue weighted by Crippen LogP contribution is 2.43. The summed E-state index contributed by atoms with van der Waals surface area (Å²) in [5, 5.41) is 14.4. The van der Waals surface area contributed by atoms with E-state index in [1.165, 1.54) is 12.8 Å². The molecule has 0 radical (unpaired) electrons. The van der Waals surface area contributed by atoms with E-state index < -0.39 is 9.84 Å². The maximum Gasteiger partial charge on any atom is 0.407 e. The normalized spacial score (nSPS) is 21.6. The van der Waals surface area contributed by atoms with Crippen molar-refractivity contribution in [3.8, 4) is 10.4 Å². The Hall–Kier alpha value is -2.92. The second-order valence-electron chi connectivity index (χ2n) is 11.3. The van der Waals surface area contributed by atoms with E-state index in [0.29, 0.717) is 46.6 Å². The largest absolute Gasteiger partial charge is 0.447 e. The van der Waals surface area contributed by atoms with Crippen molar-refractivity contribution in [3.63, 3.8) is 0 Å². The number of hydrogen-bond acceptors (Lipinski definition) is 8. The topological polar surface area (TPSA) is 126 Å². The molecule has 3 saturated carbocycles. The van der Waals surface area contributed by atoms with Gasteiger partial charge in [-0.1, -0.05) is 6.07 Å². The monoisotopic (exact) mass is 569 g/mol. The van der Waals surface area contributed by atoms with Gasteiger partial charge in [0.05, 0.1) is 26.1 Å². The number of benzene rings is 1. The molecule has 0 aliphatic heterocycles. The number of ether oxygens (including phenoxy) is 1. The number of sulfone groups is 1. The van der Waals surface area contributed by atoms with Gasteiger partial charge in [-0.25, -0.2) is 18.2 Å². The van der Waals surface area contributed by atoms with Crippen molar-refractivity contribution in [2.24, 2.45) is 0 Å². The lowest BCUT2D eigenvalue weighted by Gasteiger charge is -2.28. The van der Waals surface area contributed by atoms with Gasteiger partial charge in [-0.2, -0.15) is 5.10 Å². The Morgan fingerprint density at radius 1 is 1.05 bits per heavy atom. The van der Waals surface area contributed by atoms with Crippen molar-refractivity contribution in [3.05, 3.63) is 41.2 Å². The summed E-state index contributed by atoms with van der Waals surface area (Å²) in [7, 11) is -3.44. The molecule has 0 spiro atoms. The number of anilines is 2. The predicted octanol–water partition coefficient (Wildman–Crippen LogP) is 6.25. The van der Waals surface area contributed by atoms with Gasteiger partial charge < -0.3 is 15.4 Å². The molecule has 3 aliphatic rings. The van der Waals surface area contributed by atoms with Crippen molar-refractivity contribution in [2.45, 2.75) is 99.3 Å². The summed E-state index contributed by atoms with van der Waals surface area (Å²) in [6.45, 7) is 3.68. The van der Waals surface area contributed by atoms with Crippen LogP contribution in [0.15, 0.2) is 35.4 Å². The van der Waals surface area contributed by atoms with Gasteiger partial charge in [0.1, 0.15) is 0 Å². The number of amides is 1. The summed E-state index contributed by atoms with van der Waals surface area (Å²) in [5.41, 5.74) is 2.54. The third kappa shape index (κ3) is 5.99. The number of rotatable bonds is 9. The van der Waals surface area contributed by atoms with Crippen LogP contribution in [-0.4, -0.2) is 47.1 Å². The standard InChI is InChI=1S/C28H35N5O4S2/c1-16(2)37-28(34)31-19-7-5-18(6-8-19)27-29-15-24(38-27)22-12-9-20(13-25(22)39(35,36)21-10-11-21)30-26-14-23(32-33-26)17-3-4-17/h9,12-19,21H,3-8,10-11H2,1-2H3,(H,31,34)(H2,30,32,33)/t18-,19-. The smallest absolute Gasteiger partial charge is 0.407 e. The van der Waals surface area contributed by atoms with Crippen LogP contribution in [0, 0.1) is 0 Å². The molecule has 0 bridgehead atoms. The van der Waals surface area contributed by atoms with Crippen molar-refractivity contribution in [2.75, 3.05) is 5.32 Å². The lowest BCUT2D eigenvalue weighted by molar-refractivity contribution is 0.109. The van der Waals surface area contributed by atoms with Crippen molar-refractivity contribution in [1.29, 1.82) is 0 Å². The Labute approximate surface area is 233 Å². The van der Waals surface area contributed by atoms with E-state index in [9.17, 15) is 13.2 Å². The van der Waals surface area contributed by atoms with Crippen molar-refractivity contribution in [1.82, 2.24) is 20.5 Å². The molecule has 1 amide bonds.